The second kappa shape index (κ2) is 9.71. The minimum Gasteiger partial charge on any atom is -0.319 e. The molecule has 1 amide bonds. The van der Waals surface area contributed by atoms with Crippen molar-refractivity contribution >= 4 is 18.5 Å². The third-order valence-electron chi connectivity index (χ3n) is 5.12. The number of rotatable bonds is 3. The van der Waals surface area contributed by atoms with Crippen LogP contribution in [0.15, 0.2) is 10.6 Å². The van der Waals surface area contributed by atoms with Gasteiger partial charge in [-0.15, -0.1) is 12.6 Å². The van der Waals surface area contributed by atoms with Gasteiger partial charge >= 0.3 is 0 Å². The van der Waals surface area contributed by atoms with Gasteiger partial charge in [-0.2, -0.15) is 10.5 Å². The molecule has 1 fully saturated rings. The molecule has 1 aliphatic heterocycles. The SMILES string of the molecule is CCN(CC)CC.N#CC1=C(S)NC(=O)C(C#N)C12CCCCC2. The first-order valence-corrected chi connectivity index (χ1v) is 9.22. The molecule has 1 spiro atoms. The van der Waals surface area contributed by atoms with Crippen LogP contribution in [0, 0.1) is 34.0 Å². The summed E-state index contributed by atoms with van der Waals surface area (Å²) in [4.78, 5) is 14.2. The van der Waals surface area contributed by atoms with Crippen LogP contribution >= 0.6 is 12.6 Å². The summed E-state index contributed by atoms with van der Waals surface area (Å²) < 4.78 is 0. The number of thiol groups is 1. The first kappa shape index (κ1) is 20.5. The Bertz CT molecular complexity index is 543. The summed E-state index contributed by atoms with van der Waals surface area (Å²) in [6.45, 7) is 10.1. The number of carbonyl (C=O) groups is 1. The van der Waals surface area contributed by atoms with Gasteiger partial charge in [-0.3, -0.25) is 4.79 Å². The van der Waals surface area contributed by atoms with Crippen LogP contribution in [0.3, 0.4) is 0 Å². The zero-order valence-electron chi connectivity index (χ0n) is 14.9. The average molecular weight is 349 g/mol. The molecule has 0 aromatic carbocycles. The van der Waals surface area contributed by atoms with Crippen LogP contribution in [-0.4, -0.2) is 30.4 Å². The van der Waals surface area contributed by atoms with Crippen LogP contribution in [0.25, 0.3) is 0 Å². The van der Waals surface area contributed by atoms with E-state index in [0.717, 1.165) is 32.1 Å². The van der Waals surface area contributed by atoms with Crippen molar-refractivity contribution in [1.82, 2.24) is 10.2 Å². The molecule has 5 nitrogen and oxygen atoms in total. The Morgan fingerprint density at radius 2 is 1.71 bits per heavy atom. The molecule has 1 atom stereocenters. The fourth-order valence-electron chi connectivity index (χ4n) is 3.62. The summed E-state index contributed by atoms with van der Waals surface area (Å²) in [5.74, 6) is -1.08. The molecule has 2 rings (SSSR count). The van der Waals surface area contributed by atoms with Crippen molar-refractivity contribution in [2.24, 2.45) is 11.3 Å². The molecular weight excluding hydrogens is 320 g/mol. The van der Waals surface area contributed by atoms with Crippen LogP contribution in [-0.2, 0) is 4.79 Å². The fourth-order valence-corrected chi connectivity index (χ4v) is 4.00. The monoisotopic (exact) mass is 348 g/mol. The largest absolute Gasteiger partial charge is 0.319 e. The third-order valence-corrected chi connectivity index (χ3v) is 5.45. The van der Waals surface area contributed by atoms with Gasteiger partial charge in [0.05, 0.1) is 22.7 Å². The molecule has 0 aromatic heterocycles. The number of nitrogens with one attached hydrogen (secondary N) is 1. The Hall–Kier alpha value is -1.50. The zero-order chi connectivity index (χ0) is 18.2. The van der Waals surface area contributed by atoms with Gasteiger partial charge in [-0.25, -0.2) is 0 Å². The Balaban J connectivity index is 0.000000351. The lowest BCUT2D eigenvalue weighted by Crippen LogP contribution is -2.48. The molecule has 24 heavy (non-hydrogen) atoms. The van der Waals surface area contributed by atoms with Crippen LogP contribution < -0.4 is 5.32 Å². The van der Waals surface area contributed by atoms with E-state index in [1.165, 1.54) is 19.6 Å². The van der Waals surface area contributed by atoms with Gasteiger partial charge in [0.25, 0.3) is 0 Å². The summed E-state index contributed by atoms with van der Waals surface area (Å²) in [6.07, 6.45) is 4.47. The summed E-state index contributed by atoms with van der Waals surface area (Å²) in [5.41, 5.74) is -0.118. The number of nitriles is 2. The standard InChI is InChI=1S/C12H13N3OS.C6H15N/c13-6-8-10(16)15-11(17)9(7-14)12(8)4-2-1-3-5-12;1-4-7(5-2)6-3/h8,17H,1-5H2,(H,15,16);4-6H2,1-3H3. The minimum absolute atomic E-state index is 0.321. The first-order chi connectivity index (χ1) is 11.5. The lowest BCUT2D eigenvalue weighted by molar-refractivity contribution is -0.126. The van der Waals surface area contributed by atoms with Crippen molar-refractivity contribution < 1.29 is 4.79 Å². The predicted octanol–water partition coefficient (Wildman–Crippen LogP) is 3.22. The molecule has 1 unspecified atom stereocenters. The Morgan fingerprint density at radius 1 is 1.17 bits per heavy atom. The van der Waals surface area contributed by atoms with Gasteiger partial charge in [-0.05, 0) is 32.5 Å². The van der Waals surface area contributed by atoms with Gasteiger partial charge in [0, 0.05) is 5.41 Å². The number of hydrogen-bond donors (Lipinski definition) is 2. The van der Waals surface area contributed by atoms with Gasteiger partial charge < -0.3 is 10.2 Å². The number of hydrogen-bond acceptors (Lipinski definition) is 5. The van der Waals surface area contributed by atoms with E-state index < -0.39 is 11.3 Å². The highest BCUT2D eigenvalue weighted by Gasteiger charge is 2.50. The number of allylic oxidation sites excluding steroid dienone is 1. The second-order valence-corrected chi connectivity index (χ2v) is 6.67. The lowest BCUT2D eigenvalue weighted by Gasteiger charge is -2.42. The van der Waals surface area contributed by atoms with Crippen molar-refractivity contribution in [1.29, 1.82) is 10.5 Å². The van der Waals surface area contributed by atoms with Crippen molar-refractivity contribution in [2.75, 3.05) is 19.6 Å². The molecule has 132 valence electrons. The molecule has 2 aliphatic rings. The summed E-state index contributed by atoms with van der Waals surface area (Å²) in [7, 11) is 0. The number of amides is 1. The lowest BCUT2D eigenvalue weighted by atomic mass is 9.61. The molecule has 1 heterocycles. The Labute approximate surface area is 151 Å². The van der Waals surface area contributed by atoms with E-state index in [-0.39, 0.29) is 5.91 Å². The van der Waals surface area contributed by atoms with E-state index in [0.29, 0.717) is 10.6 Å². The molecule has 1 N–H and O–H groups in total. The highest BCUT2D eigenvalue weighted by atomic mass is 32.1. The number of nitrogens with zero attached hydrogens (tertiary/aromatic N) is 3. The minimum atomic E-state index is -0.756. The molecule has 0 radical (unpaired) electrons. The molecule has 0 saturated heterocycles. The van der Waals surface area contributed by atoms with E-state index in [1.54, 1.807) is 0 Å². The van der Waals surface area contributed by atoms with Crippen LogP contribution in [0.4, 0.5) is 0 Å². The number of carbonyl (C=O) groups excluding carboxylic acids is 1. The van der Waals surface area contributed by atoms with Gasteiger partial charge in [0.1, 0.15) is 5.92 Å². The smallest absolute Gasteiger partial charge is 0.243 e. The Kier molecular flexibility index (Phi) is 8.31. The summed E-state index contributed by atoms with van der Waals surface area (Å²) >= 11 is 4.18. The summed E-state index contributed by atoms with van der Waals surface area (Å²) in [5, 5.41) is 21.3. The van der Waals surface area contributed by atoms with Gasteiger partial charge in [0.15, 0.2) is 0 Å². The topological polar surface area (TPSA) is 79.9 Å². The van der Waals surface area contributed by atoms with Crippen LogP contribution in [0.5, 0.6) is 0 Å². The molecule has 0 bridgehead atoms. The maximum atomic E-state index is 11.8. The average Bonchev–Trinajstić information content (AvgIpc) is 2.58. The van der Waals surface area contributed by atoms with Crippen molar-refractivity contribution in [2.45, 2.75) is 52.9 Å². The van der Waals surface area contributed by atoms with Crippen LogP contribution in [0.2, 0.25) is 0 Å². The third kappa shape index (κ3) is 4.32. The van der Waals surface area contributed by atoms with E-state index in [9.17, 15) is 15.3 Å². The Morgan fingerprint density at radius 3 is 2.08 bits per heavy atom. The van der Waals surface area contributed by atoms with Crippen molar-refractivity contribution in [3.63, 3.8) is 0 Å². The summed E-state index contributed by atoms with van der Waals surface area (Å²) in [6, 6.07) is 4.20. The molecular formula is C18H28N4OS. The fraction of sp³-hybridized carbons (Fsp3) is 0.722. The van der Waals surface area contributed by atoms with Crippen molar-refractivity contribution in [3.05, 3.63) is 10.6 Å². The normalized spacial score (nSPS) is 22.3. The predicted molar refractivity (Wildman–Crippen MR) is 97.9 cm³/mol. The van der Waals surface area contributed by atoms with Gasteiger partial charge in [-0.1, -0.05) is 40.0 Å². The van der Waals surface area contributed by atoms with Crippen molar-refractivity contribution in [3.8, 4) is 12.1 Å². The van der Waals surface area contributed by atoms with Gasteiger partial charge in [0.2, 0.25) is 5.91 Å². The molecule has 0 aromatic rings. The quantitative estimate of drug-likeness (QED) is 0.768. The van der Waals surface area contributed by atoms with E-state index in [1.807, 2.05) is 0 Å². The van der Waals surface area contributed by atoms with E-state index in [2.05, 4.69) is 55.8 Å². The van der Waals surface area contributed by atoms with E-state index >= 15 is 0 Å². The molecule has 6 heteroatoms. The molecule has 1 aliphatic carbocycles. The highest BCUT2D eigenvalue weighted by Crippen LogP contribution is 2.50. The van der Waals surface area contributed by atoms with Crippen LogP contribution in [0.1, 0.15) is 52.9 Å². The maximum absolute atomic E-state index is 11.8. The molecule has 1 saturated carbocycles. The first-order valence-electron chi connectivity index (χ1n) is 8.77. The van der Waals surface area contributed by atoms with E-state index in [4.69, 9.17) is 0 Å². The second-order valence-electron chi connectivity index (χ2n) is 6.22. The highest BCUT2D eigenvalue weighted by molar-refractivity contribution is 7.84. The maximum Gasteiger partial charge on any atom is 0.243 e. The zero-order valence-corrected chi connectivity index (χ0v) is 15.8.